The van der Waals surface area contributed by atoms with Crippen LogP contribution in [-0.4, -0.2) is 70.6 Å². The molecule has 4 aromatic rings. The lowest BCUT2D eigenvalue weighted by Crippen LogP contribution is -2.55. The Kier molecular flexibility index (Phi) is 8.66. The number of pyridine rings is 1. The summed E-state index contributed by atoms with van der Waals surface area (Å²) in [4.78, 5) is 8.53. The number of phenolic OH excluding ortho intramolecular Hbond substituents is 1. The van der Waals surface area contributed by atoms with E-state index in [1.54, 1.807) is 5.38 Å². The maximum absolute atomic E-state index is 14.0. The van der Waals surface area contributed by atoms with Crippen LogP contribution in [0.15, 0.2) is 40.9 Å². The largest absolute Gasteiger partial charge is 0.503 e. The summed E-state index contributed by atoms with van der Waals surface area (Å²) in [7, 11) is 0. The van der Waals surface area contributed by atoms with Gasteiger partial charge in [-0.2, -0.15) is 5.26 Å². The van der Waals surface area contributed by atoms with Crippen LogP contribution in [0.3, 0.4) is 0 Å². The lowest BCUT2D eigenvalue weighted by molar-refractivity contribution is -0.196. The van der Waals surface area contributed by atoms with Gasteiger partial charge in [-0.15, -0.1) is 16.4 Å². The van der Waals surface area contributed by atoms with Crippen molar-refractivity contribution in [3.8, 4) is 23.2 Å². The quantitative estimate of drug-likeness (QED) is 0.225. The topological polar surface area (TPSA) is 185 Å². The minimum Gasteiger partial charge on any atom is -0.503 e. The summed E-state index contributed by atoms with van der Waals surface area (Å²) in [5, 5.41) is 50.8. The number of nitriles is 1. The van der Waals surface area contributed by atoms with Crippen LogP contribution in [0.1, 0.15) is 17.3 Å². The number of anilines is 1. The molecule has 0 radical (unpaired) electrons. The van der Waals surface area contributed by atoms with Crippen molar-refractivity contribution >= 4 is 39.8 Å². The lowest BCUT2D eigenvalue weighted by Gasteiger charge is -2.43. The molecule has 41 heavy (non-hydrogen) atoms. The molecule has 1 aliphatic rings. The first-order valence-corrected chi connectivity index (χ1v) is 13.9. The summed E-state index contributed by atoms with van der Waals surface area (Å²) >= 11 is 8.31. The SMILES string of the molecule is N#Cc1ncc(Cl)cc1S[C@H]1O[C@H](CO)[C@H](O)[C@H](n2cc(-c3csc(N)n3)nn2)[C@H]1OCc1cc(F)c(O)c(F)c1. The molecular weight excluding hydrogens is 604 g/mol. The fourth-order valence-corrected chi connectivity index (χ4v) is 6.20. The van der Waals surface area contributed by atoms with E-state index in [0.717, 1.165) is 23.9 Å². The maximum atomic E-state index is 14.0. The number of aliphatic hydroxyl groups is 2. The molecule has 0 unspecified atom stereocenters. The number of thiazole rings is 1. The highest BCUT2D eigenvalue weighted by Gasteiger charge is 2.48. The van der Waals surface area contributed by atoms with E-state index in [9.17, 15) is 29.4 Å². The van der Waals surface area contributed by atoms with Gasteiger partial charge in [-0.05, 0) is 23.8 Å². The van der Waals surface area contributed by atoms with E-state index in [2.05, 4.69) is 20.3 Å². The van der Waals surface area contributed by atoms with E-state index in [1.165, 1.54) is 34.5 Å². The standard InChI is InChI=1S/C24H20ClF2N7O5S2/c25-11-3-18(14(4-28)30-5-11)41-23-22(38-8-10-1-12(26)20(36)13(27)2-10)19(21(37)17(7-35)39-23)34-6-15(32-33-34)16-9-40-24(29)31-16/h1-3,5-6,9,17,19,21-23,35-37H,7-8H2,(H2,29,31)/t17-,19+,21+,22-,23-/m1/s1. The summed E-state index contributed by atoms with van der Waals surface area (Å²) in [6.07, 6.45) is -0.821. The fourth-order valence-electron chi connectivity index (χ4n) is 4.19. The highest BCUT2D eigenvalue weighted by atomic mass is 35.5. The van der Waals surface area contributed by atoms with Gasteiger partial charge in [-0.3, -0.25) is 0 Å². The molecule has 5 N–H and O–H groups in total. The molecular formula is C24H20ClF2N7O5S2. The van der Waals surface area contributed by atoms with E-state index >= 15 is 0 Å². The van der Waals surface area contributed by atoms with Crippen molar-refractivity contribution in [1.82, 2.24) is 25.0 Å². The molecule has 1 fully saturated rings. The Hall–Kier alpha value is -3.43. The number of aromatic hydroxyl groups is 1. The summed E-state index contributed by atoms with van der Waals surface area (Å²) in [6.45, 7) is -0.964. The second kappa shape index (κ2) is 12.2. The van der Waals surface area contributed by atoms with E-state index in [4.69, 9.17) is 26.8 Å². The molecule has 5 rings (SSSR count). The number of phenols is 1. The first-order chi connectivity index (χ1) is 19.7. The van der Waals surface area contributed by atoms with Crippen LogP contribution in [-0.2, 0) is 16.1 Å². The van der Waals surface area contributed by atoms with Crippen LogP contribution in [0.5, 0.6) is 5.75 Å². The monoisotopic (exact) mass is 623 g/mol. The molecule has 214 valence electrons. The summed E-state index contributed by atoms with van der Waals surface area (Å²) in [6, 6.07) is 4.22. The van der Waals surface area contributed by atoms with E-state index in [1.807, 2.05) is 6.07 Å². The number of rotatable bonds is 8. The molecule has 1 saturated heterocycles. The normalized spacial score (nSPS) is 22.5. The Morgan fingerprint density at radius 2 is 2.02 bits per heavy atom. The number of hydrogen-bond acceptors (Lipinski definition) is 13. The molecule has 5 atom stereocenters. The number of nitrogens with zero attached hydrogens (tertiary/aromatic N) is 6. The van der Waals surface area contributed by atoms with Gasteiger partial charge in [0.15, 0.2) is 28.2 Å². The third kappa shape index (κ3) is 6.11. The van der Waals surface area contributed by atoms with Crippen LogP contribution >= 0.6 is 34.7 Å². The number of thioether (sulfide) groups is 1. The zero-order chi connectivity index (χ0) is 29.3. The second-order valence-electron chi connectivity index (χ2n) is 8.78. The number of aliphatic hydroxyl groups excluding tert-OH is 2. The Bertz CT molecular complexity index is 1580. The third-order valence-corrected chi connectivity index (χ3v) is 8.17. The molecule has 0 saturated carbocycles. The van der Waals surface area contributed by atoms with Crippen LogP contribution in [0.25, 0.3) is 11.4 Å². The predicted octanol–water partition coefficient (Wildman–Crippen LogP) is 2.88. The Labute approximate surface area is 243 Å². The first kappa shape index (κ1) is 29.1. The average Bonchev–Trinajstić information content (AvgIpc) is 3.60. The number of nitrogens with two attached hydrogens (primary N) is 1. The molecule has 0 bridgehead atoms. The number of ether oxygens (including phenoxy) is 2. The predicted molar refractivity (Wildman–Crippen MR) is 143 cm³/mol. The molecule has 12 nitrogen and oxygen atoms in total. The molecule has 17 heteroatoms. The maximum Gasteiger partial charge on any atom is 0.187 e. The molecule has 0 spiro atoms. The third-order valence-electron chi connectivity index (χ3n) is 6.11. The number of nitrogen functional groups attached to an aromatic ring is 1. The average molecular weight is 624 g/mol. The fraction of sp³-hybridized carbons (Fsp3) is 0.292. The van der Waals surface area contributed by atoms with Crippen molar-refractivity contribution in [2.45, 2.75) is 41.3 Å². The summed E-state index contributed by atoms with van der Waals surface area (Å²) in [5.74, 6) is -3.49. The van der Waals surface area contributed by atoms with Gasteiger partial charge in [0.2, 0.25) is 0 Å². The van der Waals surface area contributed by atoms with Crippen molar-refractivity contribution in [2.24, 2.45) is 0 Å². The Balaban J connectivity index is 1.54. The van der Waals surface area contributed by atoms with Crippen molar-refractivity contribution in [3.05, 3.63) is 63.9 Å². The van der Waals surface area contributed by atoms with E-state index < -0.39 is 53.8 Å². The summed E-state index contributed by atoms with van der Waals surface area (Å²) < 4.78 is 41.5. The van der Waals surface area contributed by atoms with Crippen molar-refractivity contribution in [2.75, 3.05) is 12.3 Å². The summed E-state index contributed by atoms with van der Waals surface area (Å²) in [5.41, 5.74) is 5.58. The first-order valence-electron chi connectivity index (χ1n) is 11.8. The van der Waals surface area contributed by atoms with Gasteiger partial charge in [0.1, 0.15) is 47.2 Å². The minimum absolute atomic E-state index is 0.0387. The smallest absolute Gasteiger partial charge is 0.187 e. The van der Waals surface area contributed by atoms with Gasteiger partial charge in [0, 0.05) is 16.5 Å². The lowest BCUT2D eigenvalue weighted by atomic mass is 9.97. The van der Waals surface area contributed by atoms with Crippen LogP contribution in [0.2, 0.25) is 5.02 Å². The number of aromatic nitrogens is 5. The molecule has 0 aliphatic carbocycles. The van der Waals surface area contributed by atoms with Gasteiger partial charge in [0.05, 0.1) is 24.4 Å². The Morgan fingerprint density at radius 1 is 1.27 bits per heavy atom. The number of benzene rings is 1. The van der Waals surface area contributed by atoms with E-state index in [0.29, 0.717) is 21.4 Å². The van der Waals surface area contributed by atoms with Crippen LogP contribution < -0.4 is 5.73 Å². The van der Waals surface area contributed by atoms with Crippen molar-refractivity contribution in [3.63, 3.8) is 0 Å². The Morgan fingerprint density at radius 3 is 2.68 bits per heavy atom. The molecule has 3 aromatic heterocycles. The second-order valence-corrected chi connectivity index (χ2v) is 11.2. The van der Waals surface area contributed by atoms with Crippen LogP contribution in [0, 0.1) is 23.0 Å². The number of halogens is 3. The highest BCUT2D eigenvalue weighted by molar-refractivity contribution is 7.99. The van der Waals surface area contributed by atoms with Crippen molar-refractivity contribution in [1.29, 1.82) is 5.26 Å². The van der Waals surface area contributed by atoms with Gasteiger partial charge in [0.25, 0.3) is 0 Å². The zero-order valence-corrected chi connectivity index (χ0v) is 23.0. The number of hydrogen-bond donors (Lipinski definition) is 4. The molecule has 1 aromatic carbocycles. The molecule has 4 heterocycles. The molecule has 1 aliphatic heterocycles. The van der Waals surface area contributed by atoms with Gasteiger partial charge in [-0.1, -0.05) is 28.6 Å². The van der Waals surface area contributed by atoms with E-state index in [-0.39, 0.29) is 22.9 Å². The minimum atomic E-state index is -1.39. The van der Waals surface area contributed by atoms with Gasteiger partial charge >= 0.3 is 0 Å². The van der Waals surface area contributed by atoms with Crippen LogP contribution in [0.4, 0.5) is 13.9 Å². The van der Waals surface area contributed by atoms with Gasteiger partial charge < -0.3 is 30.5 Å². The highest BCUT2D eigenvalue weighted by Crippen LogP contribution is 2.41. The van der Waals surface area contributed by atoms with Crippen molar-refractivity contribution < 1.29 is 33.6 Å². The van der Waals surface area contributed by atoms with Gasteiger partial charge in [-0.25, -0.2) is 23.4 Å². The zero-order valence-electron chi connectivity index (χ0n) is 20.6. The molecule has 0 amide bonds.